The lowest BCUT2D eigenvalue weighted by molar-refractivity contribution is -0.122. The molecule has 0 saturated carbocycles. The van der Waals surface area contributed by atoms with Crippen LogP contribution in [0.1, 0.15) is 5.56 Å². The van der Waals surface area contributed by atoms with Gasteiger partial charge in [0.25, 0.3) is 0 Å². The van der Waals surface area contributed by atoms with Gasteiger partial charge in [0.2, 0.25) is 0 Å². The number of hydrogen-bond acceptors (Lipinski definition) is 3. The van der Waals surface area contributed by atoms with Crippen LogP contribution in [0.4, 0.5) is 0 Å². The molecule has 17 heavy (non-hydrogen) atoms. The van der Waals surface area contributed by atoms with E-state index in [1.54, 1.807) is 0 Å². The minimum atomic E-state index is -0.374. The van der Waals surface area contributed by atoms with Crippen LogP contribution in [0.3, 0.4) is 0 Å². The highest BCUT2D eigenvalue weighted by atomic mass is 16.1. The first-order valence-electron chi connectivity index (χ1n) is 5.73. The summed E-state index contributed by atoms with van der Waals surface area (Å²) in [7, 11) is 0. The van der Waals surface area contributed by atoms with E-state index in [-0.39, 0.29) is 11.8 Å². The maximum atomic E-state index is 12.1. The Kier molecular flexibility index (Phi) is 3.88. The molecular weight excluding hydrogens is 216 g/mol. The van der Waals surface area contributed by atoms with Crippen molar-refractivity contribution in [2.45, 2.75) is 12.5 Å². The fourth-order valence-corrected chi connectivity index (χ4v) is 2.02. The van der Waals surface area contributed by atoms with Crippen LogP contribution in [0.15, 0.2) is 30.3 Å². The molecule has 0 spiro atoms. The number of rotatable bonds is 4. The van der Waals surface area contributed by atoms with Crippen LogP contribution in [0.2, 0.25) is 0 Å². The summed E-state index contributed by atoms with van der Waals surface area (Å²) in [5, 5.41) is 3.12. The molecule has 1 amide bonds. The third-order valence-corrected chi connectivity index (χ3v) is 2.95. The van der Waals surface area contributed by atoms with E-state index in [0.29, 0.717) is 19.5 Å². The lowest BCUT2D eigenvalue weighted by Gasteiger charge is -2.31. The van der Waals surface area contributed by atoms with Gasteiger partial charge in [-0.25, -0.2) is 0 Å². The van der Waals surface area contributed by atoms with Crippen LogP contribution >= 0.6 is 0 Å². The number of Topliss-reactive ketones (excluding diaryl/α,β-unsaturated/α-hetero) is 1. The molecule has 89 valence electrons. The first-order valence-corrected chi connectivity index (χ1v) is 5.73. The van der Waals surface area contributed by atoms with Crippen LogP contribution in [0.25, 0.3) is 0 Å². The predicted octanol–water partition coefficient (Wildman–Crippen LogP) is 0.139. The van der Waals surface area contributed by atoms with Crippen LogP contribution < -0.4 is 5.32 Å². The van der Waals surface area contributed by atoms with Crippen LogP contribution in [-0.4, -0.2) is 42.8 Å². The molecule has 1 unspecified atom stereocenters. The molecule has 1 aromatic rings. The van der Waals surface area contributed by atoms with Crippen molar-refractivity contribution in [1.82, 2.24) is 10.2 Å². The van der Waals surface area contributed by atoms with Gasteiger partial charge < -0.3 is 10.2 Å². The number of carbonyl (C=O) groups excluding carboxylic acids is 2. The van der Waals surface area contributed by atoms with Gasteiger partial charge in [-0.05, 0) is 5.56 Å². The van der Waals surface area contributed by atoms with E-state index >= 15 is 0 Å². The Bertz CT molecular complexity index is 392. The first kappa shape index (κ1) is 11.8. The zero-order valence-corrected chi connectivity index (χ0v) is 9.56. The van der Waals surface area contributed by atoms with E-state index in [1.807, 2.05) is 36.7 Å². The Balaban J connectivity index is 2.01. The van der Waals surface area contributed by atoms with E-state index in [4.69, 9.17) is 0 Å². The van der Waals surface area contributed by atoms with Gasteiger partial charge in [0.1, 0.15) is 6.04 Å². The van der Waals surface area contributed by atoms with E-state index in [2.05, 4.69) is 5.32 Å². The molecule has 1 aromatic carbocycles. The highest BCUT2D eigenvalue weighted by Crippen LogP contribution is 2.07. The molecule has 4 nitrogen and oxygen atoms in total. The van der Waals surface area contributed by atoms with Crippen LogP contribution in [0.5, 0.6) is 0 Å². The number of piperazine rings is 1. The minimum absolute atomic E-state index is 0.0618. The molecule has 1 fully saturated rings. The van der Waals surface area contributed by atoms with Crippen molar-refractivity contribution < 1.29 is 9.59 Å². The third kappa shape index (κ3) is 2.91. The van der Waals surface area contributed by atoms with Gasteiger partial charge in [-0.2, -0.15) is 0 Å². The van der Waals surface area contributed by atoms with Crippen molar-refractivity contribution in [3.8, 4) is 0 Å². The molecule has 0 aliphatic carbocycles. The third-order valence-electron chi connectivity index (χ3n) is 2.95. The molecule has 1 aliphatic heterocycles. The van der Waals surface area contributed by atoms with Crippen molar-refractivity contribution in [1.29, 1.82) is 0 Å². The molecule has 4 heteroatoms. The molecule has 1 atom stereocenters. The quantitative estimate of drug-likeness (QED) is 0.802. The zero-order chi connectivity index (χ0) is 12.1. The maximum absolute atomic E-state index is 12.1. The van der Waals surface area contributed by atoms with Crippen molar-refractivity contribution >= 4 is 12.2 Å². The monoisotopic (exact) mass is 231 g/mol. The average Bonchev–Trinajstić information content (AvgIpc) is 2.40. The zero-order valence-electron chi connectivity index (χ0n) is 9.56. The number of amides is 1. The van der Waals surface area contributed by atoms with Gasteiger partial charge in [-0.15, -0.1) is 0 Å². The van der Waals surface area contributed by atoms with Crippen molar-refractivity contribution in [3.05, 3.63) is 35.9 Å². The molecule has 2 rings (SSSR count). The minimum Gasteiger partial charge on any atom is -0.322 e. The van der Waals surface area contributed by atoms with Gasteiger partial charge in [-0.3, -0.25) is 9.59 Å². The molecule has 1 heterocycles. The fraction of sp³-hybridized carbons (Fsp3) is 0.385. The Hall–Kier alpha value is -1.68. The number of nitrogens with one attached hydrogen (secondary N) is 1. The smallest absolute Gasteiger partial charge is 0.312 e. The summed E-state index contributed by atoms with van der Waals surface area (Å²) in [4.78, 5) is 24.3. The number of carbonyl (C=O) groups is 1. The summed E-state index contributed by atoms with van der Waals surface area (Å²) < 4.78 is 0. The van der Waals surface area contributed by atoms with Crippen molar-refractivity contribution in [2.24, 2.45) is 0 Å². The lowest BCUT2D eigenvalue weighted by atomic mass is 10.0. The van der Waals surface area contributed by atoms with Crippen LogP contribution in [-0.2, 0) is 16.0 Å². The summed E-state index contributed by atoms with van der Waals surface area (Å²) in [5.41, 5.74) is 0.980. The molecule has 1 aliphatic rings. The predicted molar refractivity (Wildman–Crippen MR) is 64.2 cm³/mol. The Morgan fingerprint density at radius 1 is 1.41 bits per heavy atom. The molecule has 1 N–H and O–H groups in total. The van der Waals surface area contributed by atoms with Crippen LogP contribution in [0, 0.1) is 0 Å². The second kappa shape index (κ2) is 5.59. The number of nitrogens with zero attached hydrogens (tertiary/aromatic N) is 1. The van der Waals surface area contributed by atoms with E-state index in [0.717, 1.165) is 12.1 Å². The van der Waals surface area contributed by atoms with Gasteiger partial charge in [0, 0.05) is 26.1 Å². The Morgan fingerprint density at radius 2 is 2.18 bits per heavy atom. The Labute approximate surface area is 101 Å². The second-order valence-electron chi connectivity index (χ2n) is 4.13. The topological polar surface area (TPSA) is 49.4 Å². The second-order valence-corrected chi connectivity index (χ2v) is 4.13. The summed E-state index contributed by atoms with van der Waals surface area (Å²) in [6.45, 7) is 1.81. The summed E-state index contributed by atoms with van der Waals surface area (Å²) >= 11 is 0. The maximum Gasteiger partial charge on any atom is 0.312 e. The molecular formula is C13H15N2O2. The number of ketones is 1. The first-order chi connectivity index (χ1) is 8.31. The normalized spacial score (nSPS) is 20.0. The molecule has 0 aromatic heterocycles. The van der Waals surface area contributed by atoms with E-state index in [1.165, 1.54) is 4.90 Å². The number of benzene rings is 1. The average molecular weight is 231 g/mol. The standard InChI is InChI=1S/C13H15N2O2/c16-10-15-7-6-14-9-12(15)13(17)8-11-4-2-1-3-5-11/h1-5,12,14H,6-9H2. The van der Waals surface area contributed by atoms with E-state index in [9.17, 15) is 9.59 Å². The summed E-state index contributed by atoms with van der Waals surface area (Å²) in [6.07, 6.45) is 2.21. The largest absolute Gasteiger partial charge is 0.322 e. The number of hydrogen-bond donors (Lipinski definition) is 1. The van der Waals surface area contributed by atoms with Crippen molar-refractivity contribution in [3.63, 3.8) is 0 Å². The van der Waals surface area contributed by atoms with E-state index < -0.39 is 0 Å². The summed E-state index contributed by atoms with van der Waals surface area (Å²) in [5.74, 6) is 0.0618. The molecule has 0 bridgehead atoms. The van der Waals surface area contributed by atoms with Gasteiger partial charge in [0.05, 0.1) is 0 Å². The SMILES string of the molecule is O=[C]N1CCNCC1C(=O)Cc1ccccc1. The lowest BCUT2D eigenvalue weighted by Crippen LogP contribution is -2.54. The highest BCUT2D eigenvalue weighted by molar-refractivity contribution is 5.88. The Morgan fingerprint density at radius 3 is 2.88 bits per heavy atom. The fourth-order valence-electron chi connectivity index (χ4n) is 2.02. The van der Waals surface area contributed by atoms with Crippen molar-refractivity contribution in [2.75, 3.05) is 19.6 Å². The van der Waals surface area contributed by atoms with Gasteiger partial charge >= 0.3 is 6.41 Å². The van der Waals surface area contributed by atoms with Gasteiger partial charge in [-0.1, -0.05) is 30.3 Å². The van der Waals surface area contributed by atoms with Gasteiger partial charge in [0.15, 0.2) is 5.78 Å². The molecule has 1 radical (unpaired) electrons. The highest BCUT2D eigenvalue weighted by Gasteiger charge is 2.27. The molecule has 1 saturated heterocycles. The summed E-state index contributed by atoms with van der Waals surface area (Å²) in [6, 6.07) is 9.20.